The van der Waals surface area contributed by atoms with Crippen LogP contribution < -0.4 is 5.32 Å². The molecule has 1 N–H and O–H groups in total. The van der Waals surface area contributed by atoms with E-state index in [-0.39, 0.29) is 17.5 Å². The van der Waals surface area contributed by atoms with Crippen molar-refractivity contribution in [2.24, 2.45) is 5.92 Å². The number of carbonyl (C=O) groups excluding carboxylic acids is 1. The lowest BCUT2D eigenvalue weighted by molar-refractivity contribution is -0.385. The fraction of sp³-hybridized carbons (Fsp3) is 0.600. The van der Waals surface area contributed by atoms with Gasteiger partial charge in [0.05, 0.1) is 24.0 Å². The van der Waals surface area contributed by atoms with E-state index < -0.39 is 4.92 Å². The summed E-state index contributed by atoms with van der Waals surface area (Å²) >= 11 is 0. The predicted octanol–water partition coefficient (Wildman–Crippen LogP) is 0.190. The van der Waals surface area contributed by atoms with E-state index in [1.54, 1.807) is 14.0 Å². The minimum Gasteiger partial charge on any atom is -0.383 e. The van der Waals surface area contributed by atoms with Crippen LogP contribution in [0, 0.1) is 16.0 Å². The molecule has 8 heteroatoms. The molecule has 18 heavy (non-hydrogen) atoms. The number of methoxy groups -OCH3 is 1. The van der Waals surface area contributed by atoms with Gasteiger partial charge in [0.15, 0.2) is 0 Å². The molecule has 1 rings (SSSR count). The number of nitro groups is 1. The standard InChI is InChI=1S/C10H16N4O4/c1-8(10(15)11-3-4-18-2)6-13-7-9(5-12-13)14(16)17/h5,7-8H,3-4,6H2,1-2H3,(H,11,15). The van der Waals surface area contributed by atoms with Crippen LogP contribution in [-0.2, 0) is 16.1 Å². The Morgan fingerprint density at radius 3 is 3.00 bits per heavy atom. The highest BCUT2D eigenvalue weighted by atomic mass is 16.6. The zero-order chi connectivity index (χ0) is 13.5. The minimum absolute atomic E-state index is 0.0815. The number of carbonyl (C=O) groups is 1. The SMILES string of the molecule is COCCNC(=O)C(C)Cn1cc([N+](=O)[O-])cn1. The van der Waals surface area contributed by atoms with Gasteiger partial charge >= 0.3 is 5.69 Å². The summed E-state index contributed by atoms with van der Waals surface area (Å²) in [7, 11) is 1.55. The van der Waals surface area contributed by atoms with Gasteiger partial charge in [-0.1, -0.05) is 6.92 Å². The number of nitrogens with one attached hydrogen (secondary N) is 1. The number of amides is 1. The van der Waals surface area contributed by atoms with E-state index in [9.17, 15) is 14.9 Å². The highest BCUT2D eigenvalue weighted by Gasteiger charge is 2.15. The summed E-state index contributed by atoms with van der Waals surface area (Å²) in [5, 5.41) is 17.0. The van der Waals surface area contributed by atoms with Gasteiger partial charge in [-0.2, -0.15) is 5.10 Å². The van der Waals surface area contributed by atoms with Crippen LogP contribution in [0.5, 0.6) is 0 Å². The molecular weight excluding hydrogens is 240 g/mol. The van der Waals surface area contributed by atoms with Crippen molar-refractivity contribution in [2.45, 2.75) is 13.5 Å². The predicted molar refractivity (Wildman–Crippen MR) is 62.9 cm³/mol. The number of nitrogens with zero attached hydrogens (tertiary/aromatic N) is 3. The number of ether oxygens (including phenoxy) is 1. The molecular formula is C10H16N4O4. The first kappa shape index (κ1) is 14.1. The smallest absolute Gasteiger partial charge is 0.306 e. The van der Waals surface area contributed by atoms with Gasteiger partial charge in [-0.25, -0.2) is 0 Å². The summed E-state index contributed by atoms with van der Waals surface area (Å²) in [6.45, 7) is 2.92. The molecule has 0 fully saturated rings. The first-order valence-corrected chi connectivity index (χ1v) is 5.48. The summed E-state index contributed by atoms with van der Waals surface area (Å²) in [6.07, 6.45) is 2.47. The van der Waals surface area contributed by atoms with Gasteiger partial charge in [0, 0.05) is 13.7 Å². The third-order valence-electron chi connectivity index (χ3n) is 2.34. The van der Waals surface area contributed by atoms with E-state index >= 15 is 0 Å². The van der Waals surface area contributed by atoms with Crippen molar-refractivity contribution < 1.29 is 14.5 Å². The molecule has 8 nitrogen and oxygen atoms in total. The van der Waals surface area contributed by atoms with Crippen molar-refractivity contribution >= 4 is 11.6 Å². The van der Waals surface area contributed by atoms with Crippen molar-refractivity contribution in [1.82, 2.24) is 15.1 Å². The molecule has 0 aliphatic carbocycles. The molecule has 1 aromatic rings. The molecule has 100 valence electrons. The average Bonchev–Trinajstić information content (AvgIpc) is 2.77. The zero-order valence-electron chi connectivity index (χ0n) is 10.3. The Balaban J connectivity index is 2.45. The highest BCUT2D eigenvalue weighted by Crippen LogP contribution is 2.09. The van der Waals surface area contributed by atoms with E-state index in [0.717, 1.165) is 6.20 Å². The van der Waals surface area contributed by atoms with Gasteiger partial charge < -0.3 is 10.1 Å². The fourth-order valence-corrected chi connectivity index (χ4v) is 1.36. The molecule has 0 radical (unpaired) electrons. The first-order valence-electron chi connectivity index (χ1n) is 5.48. The maximum atomic E-state index is 11.6. The Labute approximate surface area is 104 Å². The summed E-state index contributed by atoms with van der Waals surface area (Å²) < 4.78 is 6.20. The maximum absolute atomic E-state index is 11.6. The lowest BCUT2D eigenvalue weighted by Crippen LogP contribution is -2.33. The molecule has 1 heterocycles. The quantitative estimate of drug-likeness (QED) is 0.426. The number of rotatable bonds is 7. The number of hydrogen-bond donors (Lipinski definition) is 1. The lowest BCUT2D eigenvalue weighted by atomic mass is 10.1. The molecule has 0 saturated heterocycles. The summed E-state index contributed by atoms with van der Waals surface area (Å²) in [4.78, 5) is 21.6. The normalized spacial score (nSPS) is 12.1. The third-order valence-corrected chi connectivity index (χ3v) is 2.34. The van der Waals surface area contributed by atoms with Crippen molar-refractivity contribution in [3.8, 4) is 0 Å². The van der Waals surface area contributed by atoms with Crippen LogP contribution in [0.1, 0.15) is 6.92 Å². The van der Waals surface area contributed by atoms with Crippen LogP contribution >= 0.6 is 0 Å². The Hall–Kier alpha value is -1.96. The lowest BCUT2D eigenvalue weighted by Gasteiger charge is -2.11. The second kappa shape index (κ2) is 6.70. The van der Waals surface area contributed by atoms with Crippen LogP contribution in [0.25, 0.3) is 0 Å². The average molecular weight is 256 g/mol. The Morgan fingerprint density at radius 1 is 1.72 bits per heavy atom. The van der Waals surface area contributed by atoms with Crippen molar-refractivity contribution in [2.75, 3.05) is 20.3 Å². The molecule has 0 bridgehead atoms. The molecule has 1 aromatic heterocycles. The van der Waals surface area contributed by atoms with E-state index in [2.05, 4.69) is 10.4 Å². The van der Waals surface area contributed by atoms with Gasteiger partial charge in [-0.05, 0) is 0 Å². The van der Waals surface area contributed by atoms with Crippen LogP contribution in [0.3, 0.4) is 0 Å². The maximum Gasteiger partial charge on any atom is 0.306 e. The molecule has 1 amide bonds. The second-order valence-electron chi connectivity index (χ2n) is 3.86. The zero-order valence-corrected chi connectivity index (χ0v) is 10.3. The van der Waals surface area contributed by atoms with Gasteiger partial charge in [0.25, 0.3) is 0 Å². The van der Waals surface area contributed by atoms with E-state index in [4.69, 9.17) is 4.74 Å². The molecule has 0 aliphatic rings. The van der Waals surface area contributed by atoms with Gasteiger partial charge in [0.1, 0.15) is 12.4 Å². The second-order valence-corrected chi connectivity index (χ2v) is 3.86. The van der Waals surface area contributed by atoms with Crippen LogP contribution in [-0.4, -0.2) is 40.9 Å². The highest BCUT2D eigenvalue weighted by molar-refractivity contribution is 5.78. The monoisotopic (exact) mass is 256 g/mol. The van der Waals surface area contributed by atoms with Crippen molar-refractivity contribution in [3.05, 3.63) is 22.5 Å². The van der Waals surface area contributed by atoms with Crippen LogP contribution in [0.4, 0.5) is 5.69 Å². The van der Waals surface area contributed by atoms with E-state index in [0.29, 0.717) is 19.7 Å². The van der Waals surface area contributed by atoms with Crippen LogP contribution in [0.2, 0.25) is 0 Å². The fourth-order valence-electron chi connectivity index (χ4n) is 1.36. The van der Waals surface area contributed by atoms with Crippen molar-refractivity contribution in [1.29, 1.82) is 0 Å². The Morgan fingerprint density at radius 2 is 2.44 bits per heavy atom. The van der Waals surface area contributed by atoms with Gasteiger partial charge in [-0.3, -0.25) is 19.6 Å². The largest absolute Gasteiger partial charge is 0.383 e. The topological polar surface area (TPSA) is 99.3 Å². The van der Waals surface area contributed by atoms with E-state index in [1.165, 1.54) is 10.9 Å². The molecule has 0 aliphatic heterocycles. The molecule has 0 aromatic carbocycles. The molecule has 1 unspecified atom stereocenters. The third kappa shape index (κ3) is 4.13. The minimum atomic E-state index is -0.521. The summed E-state index contributed by atoms with van der Waals surface area (Å²) in [5.74, 6) is -0.452. The molecule has 0 saturated carbocycles. The van der Waals surface area contributed by atoms with Crippen LogP contribution in [0.15, 0.2) is 12.4 Å². The number of hydrogen-bond acceptors (Lipinski definition) is 5. The molecule has 1 atom stereocenters. The Bertz CT molecular complexity index is 418. The van der Waals surface area contributed by atoms with Gasteiger partial charge in [0.2, 0.25) is 5.91 Å². The van der Waals surface area contributed by atoms with E-state index in [1.807, 2.05) is 0 Å². The summed E-state index contributed by atoms with van der Waals surface area (Å²) in [5.41, 5.74) is -0.0815. The van der Waals surface area contributed by atoms with Gasteiger partial charge in [-0.15, -0.1) is 0 Å². The summed E-state index contributed by atoms with van der Waals surface area (Å²) in [6, 6.07) is 0. The number of aromatic nitrogens is 2. The molecule has 0 spiro atoms. The first-order chi connectivity index (χ1) is 8.54. The Kier molecular flexibility index (Phi) is 5.25. The van der Waals surface area contributed by atoms with Crippen molar-refractivity contribution in [3.63, 3.8) is 0 Å².